The maximum absolute atomic E-state index is 13.7. The third-order valence-electron chi connectivity index (χ3n) is 6.99. The quantitative estimate of drug-likeness (QED) is 0.0938. The van der Waals surface area contributed by atoms with Crippen LogP contribution >= 0.6 is 0 Å². The third kappa shape index (κ3) is 7.55. The fourth-order valence-corrected chi connectivity index (χ4v) is 4.75. The Bertz CT molecular complexity index is 1650. The fourth-order valence-electron chi connectivity index (χ4n) is 4.75. The summed E-state index contributed by atoms with van der Waals surface area (Å²) in [5.41, 5.74) is 8.61. The van der Waals surface area contributed by atoms with Crippen molar-refractivity contribution in [1.82, 2.24) is 25.9 Å². The van der Waals surface area contributed by atoms with E-state index in [-0.39, 0.29) is 12.8 Å². The number of hydrogen-bond donors (Lipinski definition) is 9. The number of aromatic nitrogens is 2. The Hall–Kier alpha value is -5.21. The van der Waals surface area contributed by atoms with Gasteiger partial charge in [-0.05, 0) is 23.3 Å². The summed E-state index contributed by atoms with van der Waals surface area (Å²) in [6.45, 7) is -0.879. The van der Waals surface area contributed by atoms with Gasteiger partial charge >= 0.3 is 11.9 Å². The zero-order chi connectivity index (χ0) is 31.1. The smallest absolute Gasteiger partial charge is 0.328 e. The number of carbonyl (C=O) groups is 5. The van der Waals surface area contributed by atoms with Crippen LogP contribution in [0, 0.1) is 0 Å². The highest BCUT2D eigenvalue weighted by Crippen LogP contribution is 2.21. The molecule has 14 heteroatoms. The first-order chi connectivity index (χ1) is 20.6. The average Bonchev–Trinajstić information content (AvgIpc) is 3.58. The molecule has 0 aliphatic heterocycles. The normalized spacial score (nSPS) is 14.0. The van der Waals surface area contributed by atoms with E-state index in [0.29, 0.717) is 11.1 Å². The highest BCUT2D eigenvalue weighted by atomic mass is 16.4. The summed E-state index contributed by atoms with van der Waals surface area (Å²) in [5.74, 6) is -5.32. The van der Waals surface area contributed by atoms with Crippen LogP contribution in [0.2, 0.25) is 0 Å². The number of para-hydroxylation sites is 2. The molecule has 2 aromatic carbocycles. The van der Waals surface area contributed by atoms with Gasteiger partial charge in [-0.15, -0.1) is 0 Å². The monoisotopic (exact) mass is 592 g/mol. The lowest BCUT2D eigenvalue weighted by Crippen LogP contribution is -2.58. The van der Waals surface area contributed by atoms with Crippen LogP contribution in [0.4, 0.5) is 0 Å². The minimum atomic E-state index is -1.62. The van der Waals surface area contributed by atoms with Crippen molar-refractivity contribution < 1.29 is 39.3 Å². The lowest BCUT2D eigenvalue weighted by Gasteiger charge is -2.25. The molecule has 0 aliphatic rings. The largest absolute Gasteiger partial charge is 0.481 e. The molecule has 226 valence electrons. The Kier molecular flexibility index (Phi) is 9.75. The number of nitrogens with two attached hydrogens (primary N) is 1. The van der Waals surface area contributed by atoms with Gasteiger partial charge in [-0.2, -0.15) is 0 Å². The highest BCUT2D eigenvalue weighted by molar-refractivity contribution is 5.96. The van der Waals surface area contributed by atoms with Crippen LogP contribution in [0.25, 0.3) is 21.8 Å². The number of carboxylic acid groups (broad SMARTS) is 2. The number of rotatable bonds is 14. The number of amides is 3. The van der Waals surface area contributed by atoms with Crippen molar-refractivity contribution in [2.75, 3.05) is 6.61 Å². The molecule has 10 N–H and O–H groups in total. The van der Waals surface area contributed by atoms with E-state index in [1.807, 2.05) is 36.4 Å². The van der Waals surface area contributed by atoms with Crippen molar-refractivity contribution in [2.45, 2.75) is 43.4 Å². The molecule has 2 heterocycles. The number of aliphatic hydroxyl groups excluding tert-OH is 1. The van der Waals surface area contributed by atoms with E-state index < -0.39 is 66.9 Å². The highest BCUT2D eigenvalue weighted by Gasteiger charge is 2.31. The maximum atomic E-state index is 13.7. The van der Waals surface area contributed by atoms with Gasteiger partial charge in [-0.3, -0.25) is 19.2 Å². The first-order valence-electron chi connectivity index (χ1n) is 13.4. The summed E-state index contributed by atoms with van der Waals surface area (Å²) in [6.07, 6.45) is 2.55. The topological polar surface area (TPSA) is 240 Å². The Morgan fingerprint density at radius 3 is 1.58 bits per heavy atom. The lowest BCUT2D eigenvalue weighted by atomic mass is 10.0. The Labute approximate surface area is 244 Å². The summed E-state index contributed by atoms with van der Waals surface area (Å²) in [5, 5.41) is 36.8. The maximum Gasteiger partial charge on any atom is 0.328 e. The van der Waals surface area contributed by atoms with Crippen molar-refractivity contribution in [3.05, 3.63) is 72.1 Å². The van der Waals surface area contributed by atoms with Gasteiger partial charge in [0.1, 0.15) is 18.1 Å². The van der Waals surface area contributed by atoms with Gasteiger partial charge in [-0.1, -0.05) is 36.4 Å². The van der Waals surface area contributed by atoms with Gasteiger partial charge in [0.05, 0.1) is 19.1 Å². The zero-order valence-electron chi connectivity index (χ0n) is 22.9. The van der Waals surface area contributed by atoms with Crippen molar-refractivity contribution in [3.63, 3.8) is 0 Å². The third-order valence-corrected chi connectivity index (χ3v) is 6.99. The molecular formula is C29H32N6O8. The number of nitrogens with one attached hydrogen (secondary N) is 5. The SMILES string of the molecule is NC(CC(=O)O)C(=O)NC(Cc1c[nH]c2ccccc12)C(=O)NC(Cc1c[nH]c2ccccc12)C(=O)NC(CO)C(=O)O. The molecule has 0 saturated carbocycles. The van der Waals surface area contributed by atoms with E-state index in [1.165, 1.54) is 0 Å². The molecule has 0 saturated heterocycles. The summed E-state index contributed by atoms with van der Waals surface area (Å²) >= 11 is 0. The first kappa shape index (κ1) is 30.7. The van der Waals surface area contributed by atoms with Crippen molar-refractivity contribution in [1.29, 1.82) is 0 Å². The molecule has 0 spiro atoms. The second-order valence-electron chi connectivity index (χ2n) is 10.0. The second kappa shape index (κ2) is 13.6. The van der Waals surface area contributed by atoms with Crippen LogP contribution in [0.5, 0.6) is 0 Å². The number of fused-ring (bicyclic) bond motifs is 2. The standard InChI is InChI=1S/C29H32N6O8/c30-19(11-25(37)38)26(39)33-22(9-15-12-31-20-7-3-1-5-17(15)20)27(40)34-23(28(41)35-24(14-36)29(42)43)10-16-13-32-21-8-4-2-6-18(16)21/h1-8,12-13,19,22-24,31-32,36H,9-11,14,30H2,(H,33,39)(H,34,40)(H,35,41)(H,37,38)(H,42,43). The minimum Gasteiger partial charge on any atom is -0.481 e. The van der Waals surface area contributed by atoms with Crippen molar-refractivity contribution in [2.24, 2.45) is 5.73 Å². The van der Waals surface area contributed by atoms with Crippen LogP contribution in [0.15, 0.2) is 60.9 Å². The van der Waals surface area contributed by atoms with Gasteiger partial charge in [-0.25, -0.2) is 4.79 Å². The van der Waals surface area contributed by atoms with E-state index in [4.69, 9.17) is 10.8 Å². The molecule has 4 rings (SSSR count). The van der Waals surface area contributed by atoms with Crippen molar-refractivity contribution in [3.8, 4) is 0 Å². The molecule has 0 fully saturated rings. The Morgan fingerprint density at radius 2 is 1.14 bits per heavy atom. The van der Waals surface area contributed by atoms with Crippen LogP contribution in [0.1, 0.15) is 17.5 Å². The molecule has 14 nitrogen and oxygen atoms in total. The van der Waals surface area contributed by atoms with E-state index in [9.17, 15) is 34.2 Å². The van der Waals surface area contributed by atoms with Gasteiger partial charge in [0.25, 0.3) is 0 Å². The van der Waals surface area contributed by atoms with Crippen LogP contribution in [-0.4, -0.2) is 85.7 Å². The van der Waals surface area contributed by atoms with E-state index >= 15 is 0 Å². The number of aliphatic hydroxyl groups is 1. The van der Waals surface area contributed by atoms with Crippen LogP contribution in [-0.2, 0) is 36.8 Å². The summed E-state index contributed by atoms with van der Waals surface area (Å²) in [7, 11) is 0. The lowest BCUT2D eigenvalue weighted by molar-refractivity contribution is -0.143. The molecule has 4 unspecified atom stereocenters. The average molecular weight is 593 g/mol. The molecule has 0 aliphatic carbocycles. The predicted molar refractivity (Wildman–Crippen MR) is 155 cm³/mol. The van der Waals surface area contributed by atoms with E-state index in [2.05, 4.69) is 25.9 Å². The summed E-state index contributed by atoms with van der Waals surface area (Å²) in [4.78, 5) is 68.6. The number of benzene rings is 2. The van der Waals surface area contributed by atoms with Crippen LogP contribution in [0.3, 0.4) is 0 Å². The molecule has 3 amide bonds. The first-order valence-corrected chi connectivity index (χ1v) is 13.4. The number of hydrogen-bond acceptors (Lipinski definition) is 7. The molecular weight excluding hydrogens is 560 g/mol. The van der Waals surface area contributed by atoms with Gasteiger partial charge in [0.15, 0.2) is 0 Å². The molecule has 4 atom stereocenters. The number of carboxylic acids is 2. The van der Waals surface area contributed by atoms with Gasteiger partial charge in [0.2, 0.25) is 17.7 Å². The van der Waals surface area contributed by atoms with Gasteiger partial charge in [0, 0.05) is 47.0 Å². The summed E-state index contributed by atoms with van der Waals surface area (Å²) < 4.78 is 0. The zero-order valence-corrected chi connectivity index (χ0v) is 22.9. The number of H-pyrrole nitrogens is 2. The predicted octanol–water partition coefficient (Wildman–Crippen LogP) is -0.232. The number of aromatic amines is 2. The van der Waals surface area contributed by atoms with E-state index in [0.717, 1.165) is 21.8 Å². The van der Waals surface area contributed by atoms with Crippen LogP contribution < -0.4 is 21.7 Å². The molecule has 4 aromatic rings. The minimum absolute atomic E-state index is 0.0445. The number of carbonyl (C=O) groups excluding carboxylic acids is 3. The fraction of sp³-hybridized carbons (Fsp3) is 0.276. The Balaban J connectivity index is 1.63. The van der Waals surface area contributed by atoms with Gasteiger partial charge < -0.3 is 47.0 Å². The van der Waals surface area contributed by atoms with E-state index in [1.54, 1.807) is 24.5 Å². The summed E-state index contributed by atoms with van der Waals surface area (Å²) in [6, 6.07) is 8.86. The molecule has 43 heavy (non-hydrogen) atoms. The Morgan fingerprint density at radius 1 is 0.698 bits per heavy atom. The number of aliphatic carboxylic acids is 2. The molecule has 2 aromatic heterocycles. The molecule has 0 bridgehead atoms. The molecule has 0 radical (unpaired) electrons. The second-order valence-corrected chi connectivity index (χ2v) is 10.0. The van der Waals surface area contributed by atoms with Crippen molar-refractivity contribution >= 4 is 51.5 Å².